The number of hydrogen-bond acceptors (Lipinski definition) is 3. The van der Waals surface area contributed by atoms with Crippen molar-refractivity contribution in [3.63, 3.8) is 0 Å². The molecule has 2 rings (SSSR count). The fourth-order valence-corrected chi connectivity index (χ4v) is 1.36. The van der Waals surface area contributed by atoms with Crippen molar-refractivity contribution in [2.45, 2.75) is 6.54 Å². The quantitative estimate of drug-likeness (QED) is 0.801. The molecule has 0 atom stereocenters. The summed E-state index contributed by atoms with van der Waals surface area (Å²) in [6.07, 6.45) is 3.36. The highest BCUT2D eigenvalue weighted by Crippen LogP contribution is 2.00. The van der Waals surface area contributed by atoms with Gasteiger partial charge in [-0.2, -0.15) is 0 Å². The Morgan fingerprint density at radius 1 is 1.33 bits per heavy atom. The molecule has 4 heteroatoms. The monoisotopic (exact) mass is 218 g/mol. The van der Waals surface area contributed by atoms with E-state index in [4.69, 9.17) is 16.6 Å². The van der Waals surface area contributed by atoms with Crippen molar-refractivity contribution in [3.8, 4) is 0 Å². The van der Waals surface area contributed by atoms with Crippen molar-refractivity contribution in [1.82, 2.24) is 10.3 Å². The van der Waals surface area contributed by atoms with Crippen molar-refractivity contribution in [2.75, 3.05) is 0 Å². The van der Waals surface area contributed by atoms with Gasteiger partial charge in [0.05, 0.1) is 18.5 Å². The molecule has 0 fully saturated rings. The summed E-state index contributed by atoms with van der Waals surface area (Å²) in [7, 11) is 0. The van der Waals surface area contributed by atoms with Gasteiger partial charge in [-0.05, 0) is 24.3 Å². The zero-order chi connectivity index (χ0) is 10.5. The summed E-state index contributed by atoms with van der Waals surface area (Å²) in [5.74, 6) is 0.855. The molecule has 0 saturated carbocycles. The lowest BCUT2D eigenvalue weighted by Gasteiger charge is -2.04. The van der Waals surface area contributed by atoms with Gasteiger partial charge in [-0.3, -0.25) is 4.98 Å². The van der Waals surface area contributed by atoms with Gasteiger partial charge in [0.25, 0.3) is 0 Å². The van der Waals surface area contributed by atoms with Crippen LogP contribution in [-0.2, 0) is 6.54 Å². The average Bonchev–Trinajstić information content (AvgIpc) is 2.80. The number of aromatic nitrogens is 1. The maximum atomic E-state index is 5.18. The Kier molecular flexibility index (Phi) is 3.09. The lowest BCUT2D eigenvalue weighted by Crippen LogP contribution is -2.22. The molecule has 3 nitrogen and oxygen atoms in total. The highest BCUT2D eigenvalue weighted by molar-refractivity contribution is 7.80. The fourth-order valence-electron chi connectivity index (χ4n) is 1.17. The van der Waals surface area contributed by atoms with Crippen LogP contribution in [0.4, 0.5) is 0 Å². The number of furan rings is 1. The molecule has 0 saturated heterocycles. The summed E-state index contributed by atoms with van der Waals surface area (Å²) >= 11 is 5.18. The van der Waals surface area contributed by atoms with E-state index >= 15 is 0 Å². The normalized spacial score (nSPS) is 9.87. The van der Waals surface area contributed by atoms with Gasteiger partial charge in [-0.15, -0.1) is 0 Å². The van der Waals surface area contributed by atoms with Crippen LogP contribution in [0.5, 0.6) is 0 Å². The van der Waals surface area contributed by atoms with Crippen molar-refractivity contribution >= 4 is 17.2 Å². The first-order valence-electron chi connectivity index (χ1n) is 4.58. The van der Waals surface area contributed by atoms with Crippen molar-refractivity contribution in [3.05, 3.63) is 54.2 Å². The Balaban J connectivity index is 1.94. The van der Waals surface area contributed by atoms with E-state index in [1.165, 1.54) is 0 Å². The molecule has 2 heterocycles. The molecular formula is C11H10N2OS. The maximum Gasteiger partial charge on any atom is 0.125 e. The Bertz CT molecular complexity index is 425. The number of rotatable bonds is 3. The number of thiocarbonyl (C=S) groups is 1. The molecule has 2 aromatic heterocycles. The Morgan fingerprint density at radius 3 is 2.93 bits per heavy atom. The SMILES string of the molecule is S=C(NCc1ccco1)c1ccccn1. The zero-order valence-electron chi connectivity index (χ0n) is 8.01. The van der Waals surface area contributed by atoms with Gasteiger partial charge >= 0.3 is 0 Å². The molecule has 0 radical (unpaired) electrons. The first-order valence-corrected chi connectivity index (χ1v) is 4.99. The predicted octanol–water partition coefficient (Wildman–Crippen LogP) is 2.14. The molecule has 0 aliphatic rings. The van der Waals surface area contributed by atoms with Crippen molar-refractivity contribution in [2.24, 2.45) is 0 Å². The van der Waals surface area contributed by atoms with Crippen molar-refractivity contribution in [1.29, 1.82) is 0 Å². The topological polar surface area (TPSA) is 38.1 Å². The van der Waals surface area contributed by atoms with Crippen LogP contribution in [0.2, 0.25) is 0 Å². The first-order chi connectivity index (χ1) is 7.36. The summed E-state index contributed by atoms with van der Waals surface area (Å²) in [6, 6.07) is 9.38. The van der Waals surface area contributed by atoms with Gasteiger partial charge in [0.15, 0.2) is 0 Å². The Hall–Kier alpha value is -1.68. The predicted molar refractivity (Wildman–Crippen MR) is 61.5 cm³/mol. The third-order valence-electron chi connectivity index (χ3n) is 1.90. The van der Waals surface area contributed by atoms with Crippen LogP contribution in [0.1, 0.15) is 11.5 Å². The molecule has 15 heavy (non-hydrogen) atoms. The highest BCUT2D eigenvalue weighted by Gasteiger charge is 2.01. The Morgan fingerprint density at radius 2 is 2.27 bits per heavy atom. The van der Waals surface area contributed by atoms with E-state index in [0.29, 0.717) is 11.5 Å². The molecule has 0 spiro atoms. The highest BCUT2D eigenvalue weighted by atomic mass is 32.1. The number of nitrogens with zero attached hydrogens (tertiary/aromatic N) is 1. The van der Waals surface area contributed by atoms with Crippen LogP contribution in [0.3, 0.4) is 0 Å². The van der Waals surface area contributed by atoms with E-state index in [-0.39, 0.29) is 0 Å². The molecule has 2 aromatic rings. The third kappa shape index (κ3) is 2.63. The van der Waals surface area contributed by atoms with Crippen LogP contribution >= 0.6 is 12.2 Å². The fraction of sp³-hybridized carbons (Fsp3) is 0.0909. The van der Waals surface area contributed by atoms with Crippen molar-refractivity contribution < 1.29 is 4.42 Å². The van der Waals surface area contributed by atoms with E-state index in [0.717, 1.165) is 11.5 Å². The minimum absolute atomic E-state index is 0.586. The van der Waals surface area contributed by atoms with Gasteiger partial charge in [-0.25, -0.2) is 0 Å². The van der Waals surface area contributed by atoms with Crippen LogP contribution in [0.15, 0.2) is 47.2 Å². The van der Waals surface area contributed by atoms with Gasteiger partial charge in [-0.1, -0.05) is 18.3 Å². The number of nitrogens with one attached hydrogen (secondary N) is 1. The van der Waals surface area contributed by atoms with Gasteiger partial charge in [0, 0.05) is 6.20 Å². The zero-order valence-corrected chi connectivity index (χ0v) is 8.83. The first kappa shape index (κ1) is 9.86. The maximum absolute atomic E-state index is 5.18. The molecule has 76 valence electrons. The van der Waals surface area contributed by atoms with Crippen LogP contribution < -0.4 is 5.32 Å². The lowest BCUT2D eigenvalue weighted by atomic mass is 10.3. The second-order valence-corrected chi connectivity index (χ2v) is 3.39. The number of hydrogen-bond donors (Lipinski definition) is 1. The molecule has 0 bridgehead atoms. The summed E-state index contributed by atoms with van der Waals surface area (Å²) in [5, 5.41) is 3.08. The summed E-state index contributed by atoms with van der Waals surface area (Å²) < 4.78 is 5.18. The molecule has 0 unspecified atom stereocenters. The smallest absolute Gasteiger partial charge is 0.125 e. The second-order valence-electron chi connectivity index (χ2n) is 2.98. The third-order valence-corrected chi connectivity index (χ3v) is 2.25. The average molecular weight is 218 g/mol. The molecule has 0 amide bonds. The summed E-state index contributed by atoms with van der Waals surface area (Å²) in [4.78, 5) is 4.78. The van der Waals surface area contributed by atoms with E-state index in [1.54, 1.807) is 12.5 Å². The minimum atomic E-state index is 0.586. The molecular weight excluding hydrogens is 208 g/mol. The molecule has 0 aromatic carbocycles. The van der Waals surface area contributed by atoms with Crippen LogP contribution in [0.25, 0.3) is 0 Å². The Labute approximate surface area is 93.1 Å². The van der Waals surface area contributed by atoms with Gasteiger partial charge in [0.1, 0.15) is 10.7 Å². The largest absolute Gasteiger partial charge is 0.467 e. The van der Waals surface area contributed by atoms with E-state index < -0.39 is 0 Å². The van der Waals surface area contributed by atoms with E-state index in [2.05, 4.69) is 10.3 Å². The van der Waals surface area contributed by atoms with Gasteiger partial charge in [0.2, 0.25) is 0 Å². The van der Waals surface area contributed by atoms with Crippen LogP contribution in [-0.4, -0.2) is 9.97 Å². The molecule has 0 aliphatic carbocycles. The summed E-state index contributed by atoms with van der Waals surface area (Å²) in [5.41, 5.74) is 0.777. The standard InChI is InChI=1S/C11H10N2OS/c15-11(10-5-1-2-6-12-10)13-8-9-4-3-7-14-9/h1-7H,8H2,(H,13,15). The van der Waals surface area contributed by atoms with Gasteiger partial charge < -0.3 is 9.73 Å². The second kappa shape index (κ2) is 4.70. The minimum Gasteiger partial charge on any atom is -0.467 e. The molecule has 1 N–H and O–H groups in total. The molecule has 0 aliphatic heterocycles. The lowest BCUT2D eigenvalue weighted by molar-refractivity contribution is 0.504. The number of pyridine rings is 1. The summed E-state index contributed by atoms with van der Waals surface area (Å²) in [6.45, 7) is 0.586. The van der Waals surface area contributed by atoms with E-state index in [9.17, 15) is 0 Å². The van der Waals surface area contributed by atoms with Crippen LogP contribution in [0, 0.1) is 0 Å². The van der Waals surface area contributed by atoms with E-state index in [1.807, 2.05) is 30.3 Å².